The van der Waals surface area contributed by atoms with E-state index in [0.29, 0.717) is 0 Å². The second-order valence-corrected chi connectivity index (χ2v) is 4.55. The smallest absolute Gasteiger partial charge is 0.268 e. The Morgan fingerprint density at radius 1 is 1.46 bits per heavy atom. The fourth-order valence-corrected chi connectivity index (χ4v) is 2.75. The largest absolute Gasteiger partial charge is 0.359 e. The molecule has 7 heteroatoms. The van der Waals surface area contributed by atoms with Crippen molar-refractivity contribution in [3.05, 3.63) is 17.3 Å². The Bertz CT molecular complexity index is 627. The quantitative estimate of drug-likeness (QED) is 0.362. The SMILES string of the molecule is O=S1(=O)c2ccc3c(no[n+]3[O-])c21. The van der Waals surface area contributed by atoms with Crippen molar-refractivity contribution in [1.29, 1.82) is 0 Å². The molecule has 0 N–H and O–H groups in total. The van der Waals surface area contributed by atoms with E-state index in [1.54, 1.807) is 0 Å². The van der Waals surface area contributed by atoms with Gasteiger partial charge in [0.2, 0.25) is 15.4 Å². The maximum absolute atomic E-state index is 11.2. The van der Waals surface area contributed by atoms with Gasteiger partial charge in [-0.15, -0.1) is 0 Å². The molecule has 0 radical (unpaired) electrons. The van der Waals surface area contributed by atoms with Gasteiger partial charge in [-0.1, -0.05) is 0 Å². The van der Waals surface area contributed by atoms with E-state index in [4.69, 9.17) is 0 Å². The topological polar surface area (TPSA) is 87.1 Å². The Labute approximate surface area is 71.8 Å². The van der Waals surface area contributed by atoms with Crippen LogP contribution in [-0.2, 0) is 9.84 Å². The first-order chi connectivity index (χ1) is 6.12. The Hall–Kier alpha value is -1.63. The summed E-state index contributed by atoms with van der Waals surface area (Å²) in [4.78, 5) is 0.529. The van der Waals surface area contributed by atoms with Crippen molar-refractivity contribution in [2.75, 3.05) is 0 Å². The molecule has 0 saturated heterocycles. The monoisotopic (exact) mass is 198 g/mol. The molecule has 66 valence electrons. The summed E-state index contributed by atoms with van der Waals surface area (Å²) in [5, 5.41) is 14.2. The van der Waals surface area contributed by atoms with Gasteiger partial charge in [-0.25, -0.2) is 8.42 Å². The van der Waals surface area contributed by atoms with Crippen LogP contribution in [0.25, 0.3) is 11.0 Å². The molecule has 0 aliphatic carbocycles. The number of rotatable bonds is 0. The van der Waals surface area contributed by atoms with Crippen molar-refractivity contribution in [1.82, 2.24) is 5.16 Å². The molecule has 2 aromatic rings. The lowest BCUT2D eigenvalue weighted by atomic mass is 10.3. The first-order valence-electron chi connectivity index (χ1n) is 3.40. The zero-order valence-corrected chi connectivity index (χ0v) is 6.91. The predicted molar refractivity (Wildman–Crippen MR) is 38.4 cm³/mol. The normalized spacial score (nSPS) is 17.2. The van der Waals surface area contributed by atoms with Gasteiger partial charge in [-0.2, -0.15) is 0 Å². The number of sulfone groups is 1. The molecule has 0 saturated carbocycles. The minimum absolute atomic E-state index is 0.114. The van der Waals surface area contributed by atoms with Crippen LogP contribution in [0.5, 0.6) is 0 Å². The first kappa shape index (κ1) is 6.84. The van der Waals surface area contributed by atoms with Crippen molar-refractivity contribution >= 4 is 20.9 Å². The molecule has 0 unspecified atom stereocenters. The molecule has 6 nitrogen and oxygen atoms in total. The van der Waals surface area contributed by atoms with E-state index in [1.807, 2.05) is 0 Å². The third-order valence-electron chi connectivity index (χ3n) is 1.99. The molecule has 0 atom stereocenters. The van der Waals surface area contributed by atoms with Gasteiger partial charge in [-0.05, 0) is 17.0 Å². The van der Waals surface area contributed by atoms with E-state index in [-0.39, 0.29) is 25.7 Å². The van der Waals surface area contributed by atoms with Crippen molar-refractivity contribution in [3.8, 4) is 0 Å². The van der Waals surface area contributed by atoms with E-state index in [0.717, 1.165) is 0 Å². The highest BCUT2D eigenvalue weighted by Crippen LogP contribution is 2.43. The van der Waals surface area contributed by atoms with E-state index < -0.39 is 9.84 Å². The summed E-state index contributed by atoms with van der Waals surface area (Å²) < 4.78 is 26.6. The summed E-state index contributed by atoms with van der Waals surface area (Å²) in [5.41, 5.74) is 0.257. The standard InChI is InChI=1S/C6H2N2O4S/c9-8-3-1-2-4-6(13(4,10)11)5(3)7-12-8/h1-2H. The van der Waals surface area contributed by atoms with E-state index in [1.165, 1.54) is 12.1 Å². The minimum atomic E-state index is -3.26. The van der Waals surface area contributed by atoms with Gasteiger partial charge >= 0.3 is 0 Å². The fourth-order valence-electron chi connectivity index (χ4n) is 1.32. The molecule has 3 rings (SSSR count). The Morgan fingerprint density at radius 2 is 2.23 bits per heavy atom. The second-order valence-electron chi connectivity index (χ2n) is 2.69. The lowest BCUT2D eigenvalue weighted by Crippen LogP contribution is -2.22. The van der Waals surface area contributed by atoms with Crippen LogP contribution in [0.2, 0.25) is 0 Å². The summed E-state index contributed by atoms with van der Waals surface area (Å²) in [6.45, 7) is 0. The maximum Gasteiger partial charge on any atom is 0.268 e. The molecular formula is C6H2N2O4S. The molecule has 1 aromatic heterocycles. The average Bonchev–Trinajstić information content (AvgIpc) is 2.50. The van der Waals surface area contributed by atoms with Gasteiger partial charge in [0.25, 0.3) is 5.52 Å². The summed E-state index contributed by atoms with van der Waals surface area (Å²) >= 11 is 0. The van der Waals surface area contributed by atoms with E-state index in [9.17, 15) is 13.6 Å². The predicted octanol–water partition coefficient (Wildman–Crippen LogP) is -0.393. The summed E-state index contributed by atoms with van der Waals surface area (Å²) in [6, 6.07) is 2.75. The van der Waals surface area contributed by atoms with Crippen LogP contribution in [0.1, 0.15) is 0 Å². The molecule has 2 heterocycles. The second kappa shape index (κ2) is 1.67. The number of aromatic nitrogens is 2. The number of hydrogen-bond donors (Lipinski definition) is 0. The lowest BCUT2D eigenvalue weighted by molar-refractivity contribution is -0.782. The van der Waals surface area contributed by atoms with Crippen LogP contribution >= 0.6 is 0 Å². The van der Waals surface area contributed by atoms with Crippen molar-refractivity contribution in [3.63, 3.8) is 0 Å². The van der Waals surface area contributed by atoms with Crippen LogP contribution < -0.4 is 4.90 Å². The van der Waals surface area contributed by atoms with E-state index in [2.05, 4.69) is 9.79 Å². The van der Waals surface area contributed by atoms with Gasteiger partial charge in [0.05, 0.1) is 4.90 Å². The van der Waals surface area contributed by atoms with Crippen LogP contribution in [0.15, 0.2) is 26.6 Å². The van der Waals surface area contributed by atoms with Crippen LogP contribution in [0.3, 0.4) is 0 Å². The summed E-state index contributed by atoms with van der Waals surface area (Å²) in [5.74, 6) is 0. The molecule has 0 bridgehead atoms. The number of benzene rings is 1. The highest BCUT2D eigenvalue weighted by atomic mass is 32.2. The number of nitrogens with zero attached hydrogens (tertiary/aromatic N) is 2. The zero-order chi connectivity index (χ0) is 9.22. The lowest BCUT2D eigenvalue weighted by Gasteiger charge is -1.81. The molecule has 1 aliphatic rings. The van der Waals surface area contributed by atoms with Crippen LogP contribution in [-0.4, -0.2) is 13.6 Å². The van der Waals surface area contributed by atoms with E-state index >= 15 is 0 Å². The average molecular weight is 198 g/mol. The maximum atomic E-state index is 11.2. The Balaban J connectivity index is 2.59. The van der Waals surface area contributed by atoms with Crippen LogP contribution in [0.4, 0.5) is 0 Å². The first-order valence-corrected chi connectivity index (χ1v) is 4.88. The minimum Gasteiger partial charge on any atom is -0.359 e. The summed E-state index contributed by atoms with van der Waals surface area (Å²) in [6.07, 6.45) is 0. The van der Waals surface area contributed by atoms with Crippen molar-refractivity contribution in [2.24, 2.45) is 0 Å². The van der Waals surface area contributed by atoms with Crippen molar-refractivity contribution in [2.45, 2.75) is 9.79 Å². The zero-order valence-electron chi connectivity index (χ0n) is 6.09. The molecule has 0 amide bonds. The molecule has 1 aliphatic heterocycles. The third-order valence-corrected chi connectivity index (χ3v) is 3.66. The third kappa shape index (κ3) is 0.615. The van der Waals surface area contributed by atoms with Gasteiger partial charge in [-0.3, -0.25) is 4.63 Å². The molecular weight excluding hydrogens is 196 g/mol. The van der Waals surface area contributed by atoms with Gasteiger partial charge in [0.15, 0.2) is 0 Å². The van der Waals surface area contributed by atoms with Crippen molar-refractivity contribution < 1.29 is 17.9 Å². The van der Waals surface area contributed by atoms with Gasteiger partial charge in [0.1, 0.15) is 4.90 Å². The highest BCUT2D eigenvalue weighted by molar-refractivity contribution is 7.97. The van der Waals surface area contributed by atoms with Crippen LogP contribution in [0, 0.1) is 5.21 Å². The molecule has 0 spiro atoms. The molecule has 13 heavy (non-hydrogen) atoms. The fraction of sp³-hybridized carbons (Fsp3) is 0. The molecule has 0 fully saturated rings. The number of hydrogen-bond acceptors (Lipinski definition) is 5. The van der Waals surface area contributed by atoms with Gasteiger partial charge in [0, 0.05) is 5.16 Å². The summed E-state index contributed by atoms with van der Waals surface area (Å²) in [7, 11) is -3.26. The number of fused-ring (bicyclic) bond motifs is 3. The van der Waals surface area contributed by atoms with Gasteiger partial charge < -0.3 is 5.21 Å². The molecule has 1 aromatic carbocycles. The Morgan fingerprint density at radius 3 is 3.00 bits per heavy atom. The Kier molecular flexibility index (Phi) is 0.877. The highest BCUT2D eigenvalue weighted by Gasteiger charge is 2.45.